The van der Waals surface area contributed by atoms with Gasteiger partial charge < -0.3 is 14.9 Å². The topological polar surface area (TPSA) is 107 Å². The predicted octanol–water partition coefficient (Wildman–Crippen LogP) is 0.141. The molecule has 0 aromatic rings. The van der Waals surface area contributed by atoms with Crippen LogP contribution >= 0.6 is 19.4 Å². The molecule has 0 saturated heterocycles. The zero-order valence-electron chi connectivity index (χ0n) is 6.68. The number of halogens is 1. The summed E-state index contributed by atoms with van der Waals surface area (Å²) in [7, 11) is -4.03. The Labute approximate surface area is 80.2 Å². The van der Waals surface area contributed by atoms with Crippen LogP contribution in [0.4, 0.5) is 0 Å². The molecule has 0 aliphatic heterocycles. The third-order valence-electron chi connectivity index (χ3n) is 1.37. The van der Waals surface area contributed by atoms with Crippen molar-refractivity contribution in [3.63, 3.8) is 0 Å². The summed E-state index contributed by atoms with van der Waals surface area (Å²) in [6.45, 7) is 0. The molecule has 0 amide bonds. The molecule has 78 valence electrons. The highest BCUT2D eigenvalue weighted by Crippen LogP contribution is 2.35. The van der Waals surface area contributed by atoms with Crippen molar-refractivity contribution in [3.8, 4) is 0 Å². The van der Waals surface area contributed by atoms with Crippen LogP contribution in [0.3, 0.4) is 0 Å². The average Bonchev–Trinajstić information content (AvgIpc) is 1.95. The molecule has 0 spiro atoms. The Morgan fingerprint density at radius 2 is 2.08 bits per heavy atom. The van der Waals surface area contributed by atoms with Gasteiger partial charge in [-0.1, -0.05) is 0 Å². The van der Waals surface area contributed by atoms with Gasteiger partial charge in [0.25, 0.3) is 0 Å². The van der Waals surface area contributed by atoms with E-state index in [-0.39, 0.29) is 19.0 Å². The predicted molar refractivity (Wildman–Crippen MR) is 46.6 cm³/mol. The lowest BCUT2D eigenvalue weighted by atomic mass is 10.2. The van der Waals surface area contributed by atoms with Crippen molar-refractivity contribution in [2.45, 2.75) is 18.9 Å². The van der Waals surface area contributed by atoms with Crippen LogP contribution in [0.2, 0.25) is 0 Å². The molecule has 0 fully saturated rings. The molecule has 0 aliphatic carbocycles. The Morgan fingerprint density at radius 1 is 1.54 bits per heavy atom. The van der Waals surface area contributed by atoms with Gasteiger partial charge in [0.05, 0.1) is 0 Å². The van der Waals surface area contributed by atoms with Crippen LogP contribution in [0.15, 0.2) is 0 Å². The normalized spacial score (nSPS) is 14.1. The molecule has 0 rings (SSSR count). The summed E-state index contributed by atoms with van der Waals surface area (Å²) in [6, 6.07) is -0.965. The lowest BCUT2D eigenvalue weighted by Gasteiger charge is -2.09. The third-order valence-corrected chi connectivity index (χ3v) is 2.53. The lowest BCUT2D eigenvalue weighted by Crippen LogP contribution is -2.30. The Kier molecular flexibility index (Phi) is 5.51. The summed E-state index contributed by atoms with van der Waals surface area (Å²) < 4.78 is 10.4. The van der Waals surface area contributed by atoms with Gasteiger partial charge in [-0.3, -0.25) is 9.36 Å². The molecule has 13 heavy (non-hydrogen) atoms. The van der Waals surface area contributed by atoms with Crippen LogP contribution in [-0.4, -0.2) is 33.1 Å². The Morgan fingerprint density at radius 3 is 2.38 bits per heavy atom. The van der Waals surface area contributed by atoms with Gasteiger partial charge >= 0.3 is 13.6 Å². The van der Waals surface area contributed by atoms with Crippen molar-refractivity contribution in [1.82, 2.24) is 4.84 Å². The second-order valence-electron chi connectivity index (χ2n) is 2.53. The smallest absolute Gasteiger partial charge is 0.325 e. The highest BCUT2D eigenvalue weighted by atomic mass is 35.5. The fourth-order valence-electron chi connectivity index (χ4n) is 0.726. The van der Waals surface area contributed by atoms with Gasteiger partial charge in [0.15, 0.2) is 0 Å². The number of aliphatic carboxylic acids is 1. The number of carbonyl (C=O) groups is 1. The molecule has 1 atom stereocenters. The molecule has 0 saturated carbocycles. The van der Waals surface area contributed by atoms with E-state index in [1.807, 2.05) is 4.84 Å². The first kappa shape index (κ1) is 12.9. The van der Waals surface area contributed by atoms with Crippen molar-refractivity contribution in [2.75, 3.05) is 6.16 Å². The number of hydrogen-bond acceptors (Lipinski definition) is 3. The summed E-state index contributed by atoms with van der Waals surface area (Å²) in [6.07, 6.45) is -0.125. The second-order valence-corrected chi connectivity index (χ2v) is 4.53. The average molecular weight is 232 g/mol. The van der Waals surface area contributed by atoms with Crippen molar-refractivity contribution in [1.29, 1.82) is 0 Å². The standard InChI is InChI=1S/C5H11ClNO5P/c6-7-4(5(8)9)2-1-3-13(10,11)12/h4,7H,1-3H2,(H,8,9)(H2,10,11,12)/t4-/m1/s1. The maximum Gasteiger partial charge on any atom is 0.325 e. The summed E-state index contributed by atoms with van der Waals surface area (Å²) in [5.41, 5.74) is 0. The molecule has 0 aromatic heterocycles. The zero-order valence-corrected chi connectivity index (χ0v) is 8.33. The van der Waals surface area contributed by atoms with E-state index >= 15 is 0 Å². The van der Waals surface area contributed by atoms with Crippen molar-refractivity contribution >= 4 is 25.3 Å². The second kappa shape index (κ2) is 5.57. The molecule has 8 heteroatoms. The van der Waals surface area contributed by atoms with Crippen LogP contribution in [-0.2, 0) is 9.36 Å². The Balaban J connectivity index is 3.74. The van der Waals surface area contributed by atoms with Gasteiger partial charge in [0, 0.05) is 6.16 Å². The van der Waals surface area contributed by atoms with E-state index in [0.717, 1.165) is 0 Å². The van der Waals surface area contributed by atoms with Gasteiger partial charge in [-0.25, -0.2) is 4.84 Å². The number of carboxylic acids is 1. The minimum Gasteiger partial charge on any atom is -0.480 e. The molecule has 0 heterocycles. The van der Waals surface area contributed by atoms with E-state index in [0.29, 0.717) is 0 Å². The molecule has 0 radical (unpaired) electrons. The van der Waals surface area contributed by atoms with Crippen molar-refractivity contribution in [3.05, 3.63) is 0 Å². The van der Waals surface area contributed by atoms with Gasteiger partial charge in [-0.15, -0.1) is 0 Å². The largest absolute Gasteiger partial charge is 0.480 e. The number of rotatable bonds is 6. The Bertz CT molecular complexity index is 217. The van der Waals surface area contributed by atoms with Crippen LogP contribution in [0.5, 0.6) is 0 Å². The van der Waals surface area contributed by atoms with Crippen LogP contribution in [0.25, 0.3) is 0 Å². The lowest BCUT2D eigenvalue weighted by molar-refractivity contribution is -0.139. The molecule has 0 unspecified atom stereocenters. The molecule has 4 N–H and O–H groups in total. The third kappa shape index (κ3) is 6.98. The quantitative estimate of drug-likeness (QED) is 0.383. The van der Waals surface area contributed by atoms with E-state index in [4.69, 9.17) is 26.7 Å². The summed E-state index contributed by atoms with van der Waals surface area (Å²) >= 11 is 5.09. The minimum absolute atomic E-state index is 0.0872. The summed E-state index contributed by atoms with van der Waals surface area (Å²) in [4.78, 5) is 29.3. The van der Waals surface area contributed by atoms with E-state index in [2.05, 4.69) is 0 Å². The molecular formula is C5H11ClNO5P. The summed E-state index contributed by atoms with van der Waals surface area (Å²) in [5, 5.41) is 8.46. The van der Waals surface area contributed by atoms with Gasteiger partial charge in [0.1, 0.15) is 6.04 Å². The summed E-state index contributed by atoms with van der Waals surface area (Å²) in [5.74, 6) is -1.14. The minimum atomic E-state index is -4.03. The SMILES string of the molecule is O=C(O)[C@@H](CCCP(=O)(O)O)NCl. The van der Waals surface area contributed by atoms with Gasteiger partial charge in [-0.2, -0.15) is 0 Å². The fraction of sp³-hybridized carbons (Fsp3) is 0.800. The van der Waals surface area contributed by atoms with E-state index in [1.54, 1.807) is 0 Å². The van der Waals surface area contributed by atoms with Crippen molar-refractivity contribution < 1.29 is 24.3 Å². The van der Waals surface area contributed by atoms with Crippen molar-refractivity contribution in [2.24, 2.45) is 0 Å². The van der Waals surface area contributed by atoms with Gasteiger partial charge in [-0.05, 0) is 24.6 Å². The molecule has 0 bridgehead atoms. The molecular weight excluding hydrogens is 220 g/mol. The highest BCUT2D eigenvalue weighted by Gasteiger charge is 2.18. The maximum absolute atomic E-state index is 10.4. The highest BCUT2D eigenvalue weighted by molar-refractivity contribution is 7.51. The van der Waals surface area contributed by atoms with Crippen LogP contribution in [0, 0.1) is 0 Å². The maximum atomic E-state index is 10.4. The number of hydrogen-bond donors (Lipinski definition) is 4. The Hall–Kier alpha value is -0.130. The van der Waals surface area contributed by atoms with Gasteiger partial charge in [0.2, 0.25) is 0 Å². The number of nitrogens with one attached hydrogen (secondary N) is 1. The number of carboxylic acid groups (broad SMARTS) is 1. The monoisotopic (exact) mass is 231 g/mol. The fourth-order valence-corrected chi connectivity index (χ4v) is 1.52. The molecule has 6 nitrogen and oxygen atoms in total. The zero-order chi connectivity index (χ0) is 10.5. The molecule has 0 aliphatic rings. The first-order valence-corrected chi connectivity index (χ1v) is 5.68. The van der Waals surface area contributed by atoms with E-state index in [1.165, 1.54) is 0 Å². The molecule has 0 aromatic carbocycles. The van der Waals surface area contributed by atoms with E-state index in [9.17, 15) is 9.36 Å². The van der Waals surface area contributed by atoms with E-state index < -0.39 is 19.6 Å². The van der Waals surface area contributed by atoms with Crippen LogP contribution in [0.1, 0.15) is 12.8 Å². The van der Waals surface area contributed by atoms with Crippen LogP contribution < -0.4 is 4.84 Å². The first-order valence-electron chi connectivity index (χ1n) is 3.50. The first-order chi connectivity index (χ1) is 5.87.